The van der Waals surface area contributed by atoms with Gasteiger partial charge in [-0.25, -0.2) is 17.9 Å². The second-order valence-electron chi connectivity index (χ2n) is 4.56. The van der Waals surface area contributed by atoms with E-state index in [4.69, 9.17) is 17.4 Å². The normalized spacial score (nSPS) is 11.0. The number of anilines is 2. The average molecular weight is 339 g/mol. The maximum atomic E-state index is 13.4. The third-order valence-electron chi connectivity index (χ3n) is 2.96. The number of nitrogens with two attached hydrogens (primary N) is 1. The molecule has 0 aliphatic carbocycles. The predicted molar refractivity (Wildman–Crippen MR) is 88.8 cm³/mol. The molecule has 5 nitrogen and oxygen atoms in total. The highest BCUT2D eigenvalue weighted by Crippen LogP contribution is 2.18. The van der Waals surface area contributed by atoms with Crippen LogP contribution in [0.25, 0.3) is 0 Å². The summed E-state index contributed by atoms with van der Waals surface area (Å²) in [4.78, 5) is 0.0119. The van der Waals surface area contributed by atoms with Crippen molar-refractivity contribution in [2.75, 3.05) is 10.6 Å². The smallest absolute Gasteiger partial charge is 0.238 e. The Labute approximate surface area is 133 Å². The monoisotopic (exact) mass is 339 g/mol. The number of sulfonamides is 1. The number of halogens is 1. The Morgan fingerprint density at radius 3 is 2.36 bits per heavy atom. The Kier molecular flexibility index (Phi) is 4.74. The van der Waals surface area contributed by atoms with Crippen LogP contribution in [0.5, 0.6) is 0 Å². The minimum absolute atomic E-state index is 0.0119. The average Bonchev–Trinajstić information content (AvgIpc) is 2.43. The van der Waals surface area contributed by atoms with Crippen molar-refractivity contribution < 1.29 is 12.8 Å². The summed E-state index contributed by atoms with van der Waals surface area (Å²) in [6, 6.07) is 10.5. The molecule has 0 aromatic heterocycles. The molecule has 0 unspecified atom stereocenters. The van der Waals surface area contributed by atoms with Gasteiger partial charge < -0.3 is 10.6 Å². The summed E-state index contributed by atoms with van der Waals surface area (Å²) in [5.74, 6) is -0.328. The molecule has 0 aliphatic rings. The summed E-state index contributed by atoms with van der Waals surface area (Å²) >= 11 is 5.14. The van der Waals surface area contributed by atoms with Gasteiger partial charge in [0.2, 0.25) is 10.0 Å². The van der Waals surface area contributed by atoms with E-state index >= 15 is 0 Å². The van der Waals surface area contributed by atoms with E-state index in [9.17, 15) is 12.8 Å². The topological polar surface area (TPSA) is 84.2 Å². The van der Waals surface area contributed by atoms with E-state index in [1.165, 1.54) is 30.3 Å². The fourth-order valence-corrected chi connectivity index (χ4v) is 2.50. The Morgan fingerprint density at radius 1 is 1.14 bits per heavy atom. The first-order chi connectivity index (χ1) is 10.3. The van der Waals surface area contributed by atoms with Gasteiger partial charge in [0.1, 0.15) is 5.82 Å². The van der Waals surface area contributed by atoms with Crippen LogP contribution in [0.15, 0.2) is 47.4 Å². The second kappa shape index (κ2) is 6.39. The summed E-state index contributed by atoms with van der Waals surface area (Å²) in [7, 11) is -3.72. The van der Waals surface area contributed by atoms with E-state index in [-0.39, 0.29) is 15.8 Å². The first-order valence-corrected chi connectivity index (χ1v) is 8.19. The maximum absolute atomic E-state index is 13.4. The van der Waals surface area contributed by atoms with Crippen LogP contribution in [0.3, 0.4) is 0 Å². The van der Waals surface area contributed by atoms with Crippen molar-refractivity contribution in [3.8, 4) is 0 Å². The third-order valence-corrected chi connectivity index (χ3v) is 4.09. The van der Waals surface area contributed by atoms with E-state index < -0.39 is 10.0 Å². The first kappa shape index (κ1) is 16.3. The van der Waals surface area contributed by atoms with Gasteiger partial charge >= 0.3 is 0 Å². The SMILES string of the molecule is Cc1c(F)cccc1NC(=S)Nc1ccc(S(N)(=O)=O)cc1. The van der Waals surface area contributed by atoms with Crippen molar-refractivity contribution in [2.45, 2.75) is 11.8 Å². The van der Waals surface area contributed by atoms with Gasteiger partial charge in [-0.3, -0.25) is 0 Å². The van der Waals surface area contributed by atoms with E-state index in [2.05, 4.69) is 10.6 Å². The number of thiocarbonyl (C=S) groups is 1. The van der Waals surface area contributed by atoms with Gasteiger partial charge in [-0.15, -0.1) is 0 Å². The molecule has 2 aromatic rings. The molecule has 0 heterocycles. The van der Waals surface area contributed by atoms with Crippen LogP contribution in [0, 0.1) is 12.7 Å². The molecule has 2 rings (SSSR count). The highest BCUT2D eigenvalue weighted by molar-refractivity contribution is 7.89. The largest absolute Gasteiger partial charge is 0.332 e. The first-order valence-electron chi connectivity index (χ1n) is 6.23. The van der Waals surface area contributed by atoms with Gasteiger partial charge in [0.15, 0.2) is 5.11 Å². The van der Waals surface area contributed by atoms with Crippen LogP contribution in [0.1, 0.15) is 5.56 Å². The van der Waals surface area contributed by atoms with Gasteiger partial charge in [-0.1, -0.05) is 6.07 Å². The van der Waals surface area contributed by atoms with Gasteiger partial charge in [0, 0.05) is 16.9 Å². The highest BCUT2D eigenvalue weighted by atomic mass is 32.2. The molecule has 0 atom stereocenters. The molecule has 0 bridgehead atoms. The summed E-state index contributed by atoms with van der Waals surface area (Å²) in [6.45, 7) is 1.64. The van der Waals surface area contributed by atoms with Crippen LogP contribution in [0.4, 0.5) is 15.8 Å². The molecule has 0 aliphatic heterocycles. The Bertz CT molecular complexity index is 805. The van der Waals surface area contributed by atoms with Crippen molar-refractivity contribution in [2.24, 2.45) is 5.14 Å². The zero-order chi connectivity index (χ0) is 16.3. The van der Waals surface area contributed by atoms with Crippen LogP contribution in [0.2, 0.25) is 0 Å². The lowest BCUT2D eigenvalue weighted by molar-refractivity contribution is 0.598. The number of rotatable bonds is 3. The van der Waals surface area contributed by atoms with Crippen LogP contribution < -0.4 is 15.8 Å². The third kappa shape index (κ3) is 4.00. The molecule has 0 spiro atoms. The summed E-state index contributed by atoms with van der Waals surface area (Å²) < 4.78 is 35.8. The Hall–Kier alpha value is -2.03. The van der Waals surface area contributed by atoms with E-state index in [0.717, 1.165) is 0 Å². The maximum Gasteiger partial charge on any atom is 0.238 e. The molecule has 2 aromatic carbocycles. The number of hydrogen-bond acceptors (Lipinski definition) is 3. The number of hydrogen-bond donors (Lipinski definition) is 3. The van der Waals surface area contributed by atoms with Crippen molar-refractivity contribution in [1.29, 1.82) is 0 Å². The van der Waals surface area contributed by atoms with Gasteiger partial charge in [0.05, 0.1) is 4.90 Å². The molecule has 0 fully saturated rings. The van der Waals surface area contributed by atoms with Crippen LogP contribution in [-0.4, -0.2) is 13.5 Å². The molecule has 8 heteroatoms. The molecule has 0 amide bonds. The summed E-state index contributed by atoms with van der Waals surface area (Å²) in [5, 5.41) is 11.0. The lowest BCUT2D eigenvalue weighted by Gasteiger charge is -2.13. The number of primary sulfonamides is 1. The molecule has 0 radical (unpaired) electrons. The quantitative estimate of drug-likeness (QED) is 0.749. The lowest BCUT2D eigenvalue weighted by atomic mass is 10.2. The van der Waals surface area contributed by atoms with Crippen molar-refractivity contribution >= 4 is 38.7 Å². The molecule has 0 saturated heterocycles. The molecule has 116 valence electrons. The minimum Gasteiger partial charge on any atom is -0.332 e. The molecule has 4 N–H and O–H groups in total. The van der Waals surface area contributed by atoms with Gasteiger partial charge in [0.25, 0.3) is 0 Å². The molecule has 0 saturated carbocycles. The van der Waals surface area contributed by atoms with E-state index in [1.807, 2.05) is 0 Å². The van der Waals surface area contributed by atoms with Crippen LogP contribution in [-0.2, 0) is 10.0 Å². The van der Waals surface area contributed by atoms with Gasteiger partial charge in [-0.2, -0.15) is 0 Å². The van der Waals surface area contributed by atoms with Crippen LogP contribution >= 0.6 is 12.2 Å². The predicted octanol–water partition coefficient (Wildman–Crippen LogP) is 2.59. The van der Waals surface area contributed by atoms with Crippen molar-refractivity contribution in [3.05, 3.63) is 53.8 Å². The van der Waals surface area contributed by atoms with Crippen molar-refractivity contribution in [1.82, 2.24) is 0 Å². The Morgan fingerprint density at radius 2 is 1.77 bits per heavy atom. The fraction of sp³-hybridized carbons (Fsp3) is 0.0714. The summed E-state index contributed by atoms with van der Waals surface area (Å²) in [6.07, 6.45) is 0. The van der Waals surface area contributed by atoms with Crippen molar-refractivity contribution in [3.63, 3.8) is 0 Å². The number of benzene rings is 2. The molecule has 22 heavy (non-hydrogen) atoms. The molecular formula is C14H14FN3O2S2. The highest BCUT2D eigenvalue weighted by Gasteiger charge is 2.08. The fourth-order valence-electron chi connectivity index (χ4n) is 1.76. The second-order valence-corrected chi connectivity index (χ2v) is 6.53. The molecular weight excluding hydrogens is 325 g/mol. The standard InChI is InChI=1S/C14H14FN3O2S2/c1-9-12(15)3-2-4-13(9)18-14(21)17-10-5-7-11(8-6-10)22(16,19)20/h2-8H,1H3,(H2,16,19,20)(H2,17,18,21). The summed E-state index contributed by atoms with van der Waals surface area (Å²) in [5.41, 5.74) is 1.59. The van der Waals surface area contributed by atoms with E-state index in [1.54, 1.807) is 19.1 Å². The Balaban J connectivity index is 2.08. The van der Waals surface area contributed by atoms with E-state index in [0.29, 0.717) is 16.9 Å². The zero-order valence-corrected chi connectivity index (χ0v) is 13.3. The minimum atomic E-state index is -3.72. The lowest BCUT2D eigenvalue weighted by Crippen LogP contribution is -2.20. The van der Waals surface area contributed by atoms with Gasteiger partial charge in [-0.05, 0) is 55.5 Å². The zero-order valence-electron chi connectivity index (χ0n) is 11.6. The number of nitrogens with one attached hydrogen (secondary N) is 2.